The highest BCUT2D eigenvalue weighted by molar-refractivity contribution is 5.12. The van der Waals surface area contributed by atoms with Crippen molar-refractivity contribution in [3.8, 4) is 0 Å². The fourth-order valence-corrected chi connectivity index (χ4v) is 1.80. The van der Waals surface area contributed by atoms with Gasteiger partial charge in [-0.1, -0.05) is 26.0 Å². The summed E-state index contributed by atoms with van der Waals surface area (Å²) < 4.78 is 0. The average molecular weight is 218 g/mol. The van der Waals surface area contributed by atoms with E-state index in [9.17, 15) is 0 Å². The summed E-state index contributed by atoms with van der Waals surface area (Å²) in [6.07, 6.45) is 6.89. The van der Waals surface area contributed by atoms with E-state index in [-0.39, 0.29) is 0 Å². The summed E-state index contributed by atoms with van der Waals surface area (Å²) in [5.41, 5.74) is 2.66. The van der Waals surface area contributed by atoms with Gasteiger partial charge >= 0.3 is 0 Å². The Hall–Kier alpha value is -1.15. The van der Waals surface area contributed by atoms with Crippen molar-refractivity contribution in [1.82, 2.24) is 10.3 Å². The molecule has 1 N–H and O–H groups in total. The van der Waals surface area contributed by atoms with Crippen molar-refractivity contribution < 1.29 is 0 Å². The number of hydrogen-bond donors (Lipinski definition) is 1. The zero-order valence-corrected chi connectivity index (χ0v) is 10.4. The lowest BCUT2D eigenvalue weighted by Gasteiger charge is -2.18. The molecule has 2 heteroatoms. The Balaban J connectivity index is 2.54. The van der Waals surface area contributed by atoms with E-state index in [0.717, 1.165) is 25.8 Å². The van der Waals surface area contributed by atoms with Crippen molar-refractivity contribution >= 4 is 0 Å². The van der Waals surface area contributed by atoms with Gasteiger partial charge in [0.05, 0.1) is 0 Å². The smallest absolute Gasteiger partial charge is 0.0270 e. The summed E-state index contributed by atoms with van der Waals surface area (Å²) in [5, 5.41) is 3.52. The van der Waals surface area contributed by atoms with E-state index in [1.54, 1.807) is 0 Å². The van der Waals surface area contributed by atoms with Crippen molar-refractivity contribution in [3.05, 3.63) is 42.2 Å². The molecule has 1 aromatic rings. The molecular formula is C14H22N2. The number of pyridine rings is 1. The number of nitrogens with one attached hydrogen (secondary N) is 1. The SMILES string of the molecule is C=C(CC)CC(Cc1ccncc1)NCC. The largest absolute Gasteiger partial charge is 0.314 e. The molecule has 1 atom stereocenters. The van der Waals surface area contributed by atoms with Crippen LogP contribution < -0.4 is 5.32 Å². The van der Waals surface area contributed by atoms with E-state index >= 15 is 0 Å². The summed E-state index contributed by atoms with van der Waals surface area (Å²) in [4.78, 5) is 4.04. The molecule has 88 valence electrons. The molecule has 0 aliphatic heterocycles. The van der Waals surface area contributed by atoms with Gasteiger partial charge in [0.2, 0.25) is 0 Å². The minimum absolute atomic E-state index is 0.500. The van der Waals surface area contributed by atoms with Gasteiger partial charge in [-0.15, -0.1) is 0 Å². The quantitative estimate of drug-likeness (QED) is 0.712. The van der Waals surface area contributed by atoms with E-state index in [0.29, 0.717) is 6.04 Å². The first-order chi connectivity index (χ1) is 7.76. The van der Waals surface area contributed by atoms with Crippen LogP contribution >= 0.6 is 0 Å². The molecule has 1 heterocycles. The summed E-state index contributed by atoms with van der Waals surface area (Å²) in [5.74, 6) is 0. The Bertz CT molecular complexity index is 306. The number of rotatable bonds is 7. The highest BCUT2D eigenvalue weighted by Crippen LogP contribution is 2.11. The van der Waals surface area contributed by atoms with Gasteiger partial charge in [0, 0.05) is 18.4 Å². The maximum absolute atomic E-state index is 4.08. The van der Waals surface area contributed by atoms with Gasteiger partial charge in [-0.2, -0.15) is 0 Å². The number of likely N-dealkylation sites (N-methyl/N-ethyl adjacent to an activating group) is 1. The normalized spacial score (nSPS) is 12.4. The second kappa shape index (κ2) is 7.18. The summed E-state index contributed by atoms with van der Waals surface area (Å²) in [7, 11) is 0. The molecule has 1 unspecified atom stereocenters. The van der Waals surface area contributed by atoms with Gasteiger partial charge in [-0.3, -0.25) is 4.98 Å². The van der Waals surface area contributed by atoms with Crippen LogP contribution in [-0.2, 0) is 6.42 Å². The Morgan fingerprint density at radius 2 is 2.06 bits per heavy atom. The number of aromatic nitrogens is 1. The van der Waals surface area contributed by atoms with Gasteiger partial charge in [-0.05, 0) is 43.5 Å². The molecule has 16 heavy (non-hydrogen) atoms. The third-order valence-corrected chi connectivity index (χ3v) is 2.76. The van der Waals surface area contributed by atoms with Crippen molar-refractivity contribution in [1.29, 1.82) is 0 Å². The molecule has 0 amide bonds. The molecule has 0 saturated carbocycles. The third-order valence-electron chi connectivity index (χ3n) is 2.76. The Morgan fingerprint density at radius 3 is 2.62 bits per heavy atom. The standard InChI is InChI=1S/C14H22N2/c1-4-12(3)10-14(16-5-2)11-13-6-8-15-9-7-13/h6-9,14,16H,3-5,10-11H2,1-2H3. The number of nitrogens with zero attached hydrogens (tertiary/aromatic N) is 1. The fourth-order valence-electron chi connectivity index (χ4n) is 1.80. The maximum Gasteiger partial charge on any atom is 0.0270 e. The molecule has 0 aliphatic carbocycles. The molecule has 1 aromatic heterocycles. The van der Waals surface area contributed by atoms with Crippen molar-refractivity contribution in [3.63, 3.8) is 0 Å². The zero-order valence-electron chi connectivity index (χ0n) is 10.4. The lowest BCUT2D eigenvalue weighted by molar-refractivity contribution is 0.515. The van der Waals surface area contributed by atoms with Gasteiger partial charge in [0.15, 0.2) is 0 Å². The van der Waals surface area contributed by atoms with Gasteiger partial charge < -0.3 is 5.32 Å². The average Bonchev–Trinajstić information content (AvgIpc) is 2.30. The van der Waals surface area contributed by atoms with Crippen LogP contribution in [0.1, 0.15) is 32.3 Å². The van der Waals surface area contributed by atoms with Crippen LogP contribution in [0.3, 0.4) is 0 Å². The van der Waals surface area contributed by atoms with Crippen LogP contribution in [0.2, 0.25) is 0 Å². The highest BCUT2D eigenvalue weighted by atomic mass is 14.9. The van der Waals surface area contributed by atoms with E-state index in [1.165, 1.54) is 11.1 Å². The Kier molecular flexibility index (Phi) is 5.79. The fraction of sp³-hybridized carbons (Fsp3) is 0.500. The second-order valence-corrected chi connectivity index (χ2v) is 4.12. The predicted molar refractivity (Wildman–Crippen MR) is 69.5 cm³/mol. The molecule has 0 fully saturated rings. The molecule has 2 nitrogen and oxygen atoms in total. The first-order valence-corrected chi connectivity index (χ1v) is 6.05. The third kappa shape index (κ3) is 4.58. The zero-order chi connectivity index (χ0) is 11.8. The minimum atomic E-state index is 0.500. The lowest BCUT2D eigenvalue weighted by Crippen LogP contribution is -2.31. The maximum atomic E-state index is 4.08. The van der Waals surface area contributed by atoms with Crippen LogP contribution in [0, 0.1) is 0 Å². The Morgan fingerprint density at radius 1 is 1.38 bits per heavy atom. The predicted octanol–water partition coefficient (Wildman–Crippen LogP) is 2.96. The lowest BCUT2D eigenvalue weighted by atomic mass is 9.99. The first-order valence-electron chi connectivity index (χ1n) is 6.05. The van der Waals surface area contributed by atoms with Crippen molar-refractivity contribution in [2.24, 2.45) is 0 Å². The van der Waals surface area contributed by atoms with Crippen LogP contribution in [0.15, 0.2) is 36.7 Å². The van der Waals surface area contributed by atoms with Gasteiger partial charge in [0.25, 0.3) is 0 Å². The highest BCUT2D eigenvalue weighted by Gasteiger charge is 2.09. The summed E-state index contributed by atoms with van der Waals surface area (Å²) in [6.45, 7) is 9.40. The van der Waals surface area contributed by atoms with E-state index < -0.39 is 0 Å². The molecule has 0 aliphatic rings. The van der Waals surface area contributed by atoms with E-state index in [4.69, 9.17) is 0 Å². The van der Waals surface area contributed by atoms with E-state index in [1.807, 2.05) is 12.4 Å². The van der Waals surface area contributed by atoms with Gasteiger partial charge in [0.1, 0.15) is 0 Å². The molecular weight excluding hydrogens is 196 g/mol. The molecule has 0 bridgehead atoms. The topological polar surface area (TPSA) is 24.9 Å². The molecule has 0 aromatic carbocycles. The van der Waals surface area contributed by atoms with Crippen molar-refractivity contribution in [2.75, 3.05) is 6.54 Å². The second-order valence-electron chi connectivity index (χ2n) is 4.12. The number of hydrogen-bond acceptors (Lipinski definition) is 2. The van der Waals surface area contributed by atoms with Crippen molar-refractivity contribution in [2.45, 2.75) is 39.2 Å². The molecule has 0 saturated heterocycles. The summed E-state index contributed by atoms with van der Waals surface area (Å²) in [6, 6.07) is 4.66. The first kappa shape index (κ1) is 12.9. The van der Waals surface area contributed by atoms with Crippen LogP contribution in [0.25, 0.3) is 0 Å². The minimum Gasteiger partial charge on any atom is -0.314 e. The van der Waals surface area contributed by atoms with E-state index in [2.05, 4.69) is 42.9 Å². The molecule has 0 spiro atoms. The van der Waals surface area contributed by atoms with Crippen LogP contribution in [-0.4, -0.2) is 17.6 Å². The summed E-state index contributed by atoms with van der Waals surface area (Å²) >= 11 is 0. The Labute approximate surface area is 98.8 Å². The van der Waals surface area contributed by atoms with Gasteiger partial charge in [-0.25, -0.2) is 0 Å². The van der Waals surface area contributed by atoms with Crippen LogP contribution in [0.4, 0.5) is 0 Å². The molecule has 1 rings (SSSR count). The monoisotopic (exact) mass is 218 g/mol. The molecule has 0 radical (unpaired) electrons. The van der Waals surface area contributed by atoms with Crippen LogP contribution in [0.5, 0.6) is 0 Å².